The molecule has 0 aromatic carbocycles. The highest BCUT2D eigenvalue weighted by molar-refractivity contribution is 9.10. The van der Waals surface area contributed by atoms with Gasteiger partial charge in [-0.05, 0) is 29.3 Å². The highest BCUT2D eigenvalue weighted by Gasteiger charge is 2.09. The van der Waals surface area contributed by atoms with Gasteiger partial charge in [0.15, 0.2) is 5.82 Å². The molecule has 1 unspecified atom stereocenters. The number of hydrazine groups is 1. The van der Waals surface area contributed by atoms with Gasteiger partial charge in [-0.25, -0.2) is 15.8 Å². The van der Waals surface area contributed by atoms with Crippen molar-refractivity contribution in [3.05, 3.63) is 10.8 Å². The van der Waals surface area contributed by atoms with Gasteiger partial charge >= 0.3 is 0 Å². The first-order chi connectivity index (χ1) is 8.19. The fourth-order valence-electron chi connectivity index (χ4n) is 1.58. The van der Waals surface area contributed by atoms with E-state index in [0.717, 1.165) is 16.7 Å². The molecular weight excluding hydrogens is 282 g/mol. The zero-order valence-corrected chi connectivity index (χ0v) is 11.9. The zero-order chi connectivity index (χ0) is 12.7. The number of aromatic nitrogens is 2. The molecular formula is C11H20BrN5. The molecule has 0 saturated carbocycles. The molecule has 1 rings (SSSR count). The Kier molecular flexibility index (Phi) is 6.21. The van der Waals surface area contributed by atoms with Gasteiger partial charge < -0.3 is 10.7 Å². The van der Waals surface area contributed by atoms with E-state index < -0.39 is 0 Å². The molecule has 0 aliphatic carbocycles. The maximum atomic E-state index is 5.35. The summed E-state index contributed by atoms with van der Waals surface area (Å²) in [6.07, 6.45) is 6.36. The van der Waals surface area contributed by atoms with E-state index in [4.69, 9.17) is 5.84 Å². The van der Waals surface area contributed by atoms with Gasteiger partial charge in [-0.2, -0.15) is 0 Å². The number of unbranched alkanes of at least 4 members (excludes halogenated alkanes) is 2. The lowest BCUT2D eigenvalue weighted by Crippen LogP contribution is -2.17. The summed E-state index contributed by atoms with van der Waals surface area (Å²) in [4.78, 5) is 8.20. The van der Waals surface area contributed by atoms with Crippen molar-refractivity contribution in [2.45, 2.75) is 45.6 Å². The molecule has 0 spiro atoms. The van der Waals surface area contributed by atoms with Crippen LogP contribution in [0.5, 0.6) is 0 Å². The van der Waals surface area contributed by atoms with Crippen LogP contribution in [0.3, 0.4) is 0 Å². The van der Waals surface area contributed by atoms with Crippen molar-refractivity contribution in [1.29, 1.82) is 0 Å². The van der Waals surface area contributed by atoms with Gasteiger partial charge in [0.25, 0.3) is 0 Å². The molecule has 0 bridgehead atoms. The van der Waals surface area contributed by atoms with Crippen LogP contribution in [-0.2, 0) is 0 Å². The number of rotatable bonds is 7. The van der Waals surface area contributed by atoms with Crippen LogP contribution in [0.2, 0.25) is 0 Å². The van der Waals surface area contributed by atoms with E-state index in [1.165, 1.54) is 25.6 Å². The molecule has 0 saturated heterocycles. The summed E-state index contributed by atoms with van der Waals surface area (Å²) < 4.78 is 0.768. The smallest absolute Gasteiger partial charge is 0.159 e. The second-order valence-electron chi connectivity index (χ2n) is 4.07. The first-order valence-electron chi connectivity index (χ1n) is 5.92. The van der Waals surface area contributed by atoms with Crippen molar-refractivity contribution in [3.8, 4) is 0 Å². The summed E-state index contributed by atoms with van der Waals surface area (Å²) in [7, 11) is 0. The SMILES string of the molecule is CCCCCC(C)Nc1ncnc(NN)c1Br. The first kappa shape index (κ1) is 14.2. The van der Waals surface area contributed by atoms with E-state index in [2.05, 4.69) is 50.5 Å². The topological polar surface area (TPSA) is 75.9 Å². The van der Waals surface area contributed by atoms with Gasteiger partial charge in [0.1, 0.15) is 16.6 Å². The third-order valence-corrected chi connectivity index (χ3v) is 3.30. The molecule has 0 aliphatic heterocycles. The second-order valence-corrected chi connectivity index (χ2v) is 4.86. The minimum atomic E-state index is 0.387. The van der Waals surface area contributed by atoms with Crippen molar-refractivity contribution in [2.75, 3.05) is 10.7 Å². The minimum Gasteiger partial charge on any atom is -0.367 e. The van der Waals surface area contributed by atoms with Crippen molar-refractivity contribution in [1.82, 2.24) is 9.97 Å². The number of hydrogen-bond donors (Lipinski definition) is 3. The lowest BCUT2D eigenvalue weighted by molar-refractivity contribution is 0.613. The monoisotopic (exact) mass is 301 g/mol. The molecule has 0 amide bonds. The number of anilines is 2. The van der Waals surface area contributed by atoms with Crippen LogP contribution in [0.25, 0.3) is 0 Å². The van der Waals surface area contributed by atoms with Gasteiger partial charge in [-0.15, -0.1) is 0 Å². The third kappa shape index (κ3) is 4.47. The third-order valence-electron chi connectivity index (χ3n) is 2.55. The lowest BCUT2D eigenvalue weighted by Gasteiger charge is -2.16. The summed E-state index contributed by atoms with van der Waals surface area (Å²) in [5.41, 5.74) is 2.52. The van der Waals surface area contributed by atoms with Crippen LogP contribution < -0.4 is 16.6 Å². The summed E-state index contributed by atoms with van der Waals surface area (Å²) in [6, 6.07) is 0.387. The molecule has 1 heterocycles. The average Bonchev–Trinajstić information content (AvgIpc) is 2.32. The van der Waals surface area contributed by atoms with E-state index >= 15 is 0 Å². The number of halogens is 1. The highest BCUT2D eigenvalue weighted by Crippen LogP contribution is 2.26. The minimum absolute atomic E-state index is 0.387. The number of nitrogens with zero attached hydrogens (tertiary/aromatic N) is 2. The number of nitrogen functional groups attached to an aromatic ring is 1. The summed E-state index contributed by atoms with van der Waals surface area (Å²) in [6.45, 7) is 4.36. The van der Waals surface area contributed by atoms with Crippen molar-refractivity contribution in [3.63, 3.8) is 0 Å². The molecule has 1 aromatic rings. The van der Waals surface area contributed by atoms with Crippen LogP contribution in [0.4, 0.5) is 11.6 Å². The van der Waals surface area contributed by atoms with Crippen LogP contribution in [0.15, 0.2) is 10.8 Å². The first-order valence-corrected chi connectivity index (χ1v) is 6.72. The summed E-state index contributed by atoms with van der Waals surface area (Å²) in [5, 5.41) is 3.35. The Bertz CT molecular complexity index is 345. The molecule has 0 fully saturated rings. The van der Waals surface area contributed by atoms with Crippen LogP contribution in [-0.4, -0.2) is 16.0 Å². The Balaban J connectivity index is 2.55. The maximum absolute atomic E-state index is 5.35. The molecule has 5 nitrogen and oxygen atoms in total. The zero-order valence-electron chi connectivity index (χ0n) is 10.3. The Hall–Kier alpha value is -0.880. The Morgan fingerprint density at radius 2 is 2.06 bits per heavy atom. The molecule has 0 radical (unpaired) electrons. The van der Waals surface area contributed by atoms with E-state index in [0.29, 0.717) is 11.9 Å². The second kappa shape index (κ2) is 7.45. The predicted octanol–water partition coefficient (Wildman–Crippen LogP) is 2.91. The van der Waals surface area contributed by atoms with Crippen molar-refractivity contribution >= 4 is 27.6 Å². The summed E-state index contributed by atoms with van der Waals surface area (Å²) in [5.74, 6) is 6.71. The predicted molar refractivity (Wildman–Crippen MR) is 74.8 cm³/mol. The Morgan fingerprint density at radius 1 is 1.35 bits per heavy atom. The number of nitrogens with one attached hydrogen (secondary N) is 2. The molecule has 0 aliphatic rings. The molecule has 1 atom stereocenters. The van der Waals surface area contributed by atoms with Gasteiger partial charge in [-0.3, -0.25) is 0 Å². The quantitative estimate of drug-likeness (QED) is 0.410. The van der Waals surface area contributed by atoms with E-state index in [9.17, 15) is 0 Å². The summed E-state index contributed by atoms with van der Waals surface area (Å²) >= 11 is 3.42. The normalized spacial score (nSPS) is 12.2. The lowest BCUT2D eigenvalue weighted by atomic mass is 10.1. The van der Waals surface area contributed by atoms with E-state index in [1.807, 2.05) is 0 Å². The van der Waals surface area contributed by atoms with Crippen LogP contribution in [0.1, 0.15) is 39.5 Å². The molecule has 6 heteroatoms. The fraction of sp³-hybridized carbons (Fsp3) is 0.636. The Morgan fingerprint density at radius 3 is 2.71 bits per heavy atom. The average molecular weight is 302 g/mol. The molecule has 96 valence electrons. The van der Waals surface area contributed by atoms with Gasteiger partial charge in [0, 0.05) is 6.04 Å². The fourth-order valence-corrected chi connectivity index (χ4v) is 2.01. The maximum Gasteiger partial charge on any atom is 0.159 e. The van der Waals surface area contributed by atoms with Gasteiger partial charge in [-0.1, -0.05) is 26.2 Å². The van der Waals surface area contributed by atoms with Gasteiger partial charge in [0.05, 0.1) is 0 Å². The van der Waals surface area contributed by atoms with E-state index in [-0.39, 0.29) is 0 Å². The van der Waals surface area contributed by atoms with Crippen LogP contribution >= 0.6 is 15.9 Å². The molecule has 1 aromatic heterocycles. The molecule has 17 heavy (non-hydrogen) atoms. The largest absolute Gasteiger partial charge is 0.367 e. The Labute approximate surface area is 111 Å². The van der Waals surface area contributed by atoms with Crippen molar-refractivity contribution < 1.29 is 0 Å². The number of hydrogen-bond acceptors (Lipinski definition) is 5. The molecule has 4 N–H and O–H groups in total. The van der Waals surface area contributed by atoms with E-state index in [1.54, 1.807) is 0 Å². The van der Waals surface area contributed by atoms with Gasteiger partial charge in [0.2, 0.25) is 0 Å². The standard InChI is InChI=1S/C11H20BrN5/c1-3-4-5-6-8(2)16-10-9(12)11(17-13)15-7-14-10/h7-8H,3-6,13H2,1-2H3,(H2,14,15,16,17). The highest BCUT2D eigenvalue weighted by atomic mass is 79.9. The van der Waals surface area contributed by atoms with Crippen molar-refractivity contribution in [2.24, 2.45) is 5.84 Å². The van der Waals surface area contributed by atoms with Crippen LogP contribution in [0, 0.1) is 0 Å². The number of nitrogens with two attached hydrogens (primary N) is 1.